The summed E-state index contributed by atoms with van der Waals surface area (Å²) >= 11 is 0. The van der Waals surface area contributed by atoms with Gasteiger partial charge in [0.1, 0.15) is 12.1 Å². The van der Waals surface area contributed by atoms with E-state index in [1.165, 1.54) is 7.11 Å². The van der Waals surface area contributed by atoms with Crippen LogP contribution in [0.1, 0.15) is 58.3 Å². The maximum atomic E-state index is 12.9. The molecule has 0 bridgehead atoms. The van der Waals surface area contributed by atoms with Crippen molar-refractivity contribution in [1.82, 2.24) is 15.5 Å². The summed E-state index contributed by atoms with van der Waals surface area (Å²) in [4.78, 5) is 50.5. The quantitative estimate of drug-likeness (QED) is 0.554. The lowest BCUT2D eigenvalue weighted by Gasteiger charge is -2.34. The fourth-order valence-corrected chi connectivity index (χ4v) is 4.70. The second-order valence-electron chi connectivity index (χ2n) is 7.99. The smallest absolute Gasteiger partial charge is 0.325 e. The first kappa shape index (κ1) is 19.6. The first-order valence-electron chi connectivity index (χ1n) is 9.91. The summed E-state index contributed by atoms with van der Waals surface area (Å²) < 4.78 is 4.79. The van der Waals surface area contributed by atoms with Crippen LogP contribution >= 0.6 is 0 Å². The van der Waals surface area contributed by atoms with Gasteiger partial charge in [0.15, 0.2) is 0 Å². The second kappa shape index (κ2) is 7.86. The van der Waals surface area contributed by atoms with E-state index in [0.29, 0.717) is 31.6 Å². The van der Waals surface area contributed by atoms with Gasteiger partial charge >= 0.3 is 12.0 Å². The van der Waals surface area contributed by atoms with E-state index in [-0.39, 0.29) is 30.4 Å². The average Bonchev–Trinajstić information content (AvgIpc) is 3.20. The molecule has 3 rings (SSSR count). The minimum atomic E-state index is -0.842. The van der Waals surface area contributed by atoms with Crippen molar-refractivity contribution in [3.8, 4) is 0 Å². The number of hydrogen-bond acceptors (Lipinski definition) is 5. The number of nitrogens with zero attached hydrogens (tertiary/aromatic N) is 1. The van der Waals surface area contributed by atoms with Gasteiger partial charge in [-0.1, -0.05) is 19.8 Å². The lowest BCUT2D eigenvalue weighted by atomic mass is 9.75. The highest BCUT2D eigenvalue weighted by molar-refractivity contribution is 6.09. The molecule has 8 heteroatoms. The molecule has 3 aliphatic rings. The monoisotopic (exact) mass is 379 g/mol. The molecule has 0 aromatic heterocycles. The maximum Gasteiger partial charge on any atom is 0.325 e. The molecule has 150 valence electrons. The zero-order chi connectivity index (χ0) is 19.6. The molecule has 0 aromatic rings. The summed E-state index contributed by atoms with van der Waals surface area (Å²) in [5.74, 6) is -0.820. The minimum absolute atomic E-state index is 0.298. The zero-order valence-corrected chi connectivity index (χ0v) is 16.1. The third-order valence-electron chi connectivity index (χ3n) is 6.45. The molecule has 2 N–H and O–H groups in total. The standard InChI is InChI=1S/C19H29N3O5/c1-3-12-7-9-19(10-8-12)17(25)22(18(26)21-19)11-15(23)20-14-6-4-5-13(14)16(24)27-2/h12-14H,3-11H2,1-2H3,(H,20,23)(H,21,26)/t12?,13-,14+,19?/m1/s1. The Kier molecular flexibility index (Phi) is 5.72. The highest BCUT2D eigenvalue weighted by atomic mass is 16.5. The van der Waals surface area contributed by atoms with Gasteiger partial charge in [-0.3, -0.25) is 19.3 Å². The highest BCUT2D eigenvalue weighted by Gasteiger charge is 2.52. The molecule has 27 heavy (non-hydrogen) atoms. The van der Waals surface area contributed by atoms with Gasteiger partial charge in [-0.25, -0.2) is 4.79 Å². The molecular weight excluding hydrogens is 350 g/mol. The maximum absolute atomic E-state index is 12.9. The van der Waals surface area contributed by atoms with Crippen LogP contribution in [0.3, 0.4) is 0 Å². The Morgan fingerprint density at radius 2 is 1.93 bits per heavy atom. The van der Waals surface area contributed by atoms with Gasteiger partial charge in [0, 0.05) is 6.04 Å². The van der Waals surface area contributed by atoms with E-state index in [1.807, 2.05) is 0 Å². The van der Waals surface area contributed by atoms with Crippen LogP contribution in [0.15, 0.2) is 0 Å². The van der Waals surface area contributed by atoms with Gasteiger partial charge < -0.3 is 15.4 Å². The van der Waals surface area contributed by atoms with Gasteiger partial charge in [-0.2, -0.15) is 0 Å². The van der Waals surface area contributed by atoms with Crippen molar-refractivity contribution in [1.29, 1.82) is 0 Å². The highest BCUT2D eigenvalue weighted by Crippen LogP contribution is 2.37. The SMILES string of the molecule is CCC1CCC2(CC1)NC(=O)N(CC(=O)N[C@H]1CCC[C@H]1C(=O)OC)C2=O. The van der Waals surface area contributed by atoms with Crippen molar-refractivity contribution in [2.45, 2.75) is 69.9 Å². The predicted octanol–water partition coefficient (Wildman–Crippen LogP) is 1.34. The van der Waals surface area contributed by atoms with Crippen LogP contribution in [0.25, 0.3) is 0 Å². The van der Waals surface area contributed by atoms with E-state index in [0.717, 1.165) is 30.6 Å². The van der Waals surface area contributed by atoms with E-state index >= 15 is 0 Å². The number of imide groups is 1. The summed E-state index contributed by atoms with van der Waals surface area (Å²) in [6.45, 7) is 1.83. The fraction of sp³-hybridized carbons (Fsp3) is 0.789. The molecule has 2 aliphatic carbocycles. The number of carbonyl (C=O) groups is 4. The summed E-state index contributed by atoms with van der Waals surface area (Å²) in [7, 11) is 1.33. The Balaban J connectivity index is 1.59. The van der Waals surface area contributed by atoms with E-state index in [1.54, 1.807) is 0 Å². The molecule has 1 aliphatic heterocycles. The van der Waals surface area contributed by atoms with E-state index in [4.69, 9.17) is 4.74 Å². The number of carbonyl (C=O) groups excluding carboxylic acids is 4. The largest absolute Gasteiger partial charge is 0.469 e. The van der Waals surface area contributed by atoms with Crippen LogP contribution in [-0.4, -0.2) is 54.0 Å². The lowest BCUT2D eigenvalue weighted by Crippen LogP contribution is -2.50. The molecule has 2 saturated carbocycles. The van der Waals surface area contributed by atoms with Gasteiger partial charge in [0.05, 0.1) is 13.0 Å². The summed E-state index contributed by atoms with van der Waals surface area (Å²) in [6.07, 6.45) is 6.33. The molecule has 0 unspecified atom stereocenters. The van der Waals surface area contributed by atoms with Crippen molar-refractivity contribution in [2.24, 2.45) is 11.8 Å². The van der Waals surface area contributed by atoms with Gasteiger partial charge in [0.25, 0.3) is 5.91 Å². The van der Waals surface area contributed by atoms with Crippen LogP contribution in [0.4, 0.5) is 4.79 Å². The molecule has 0 radical (unpaired) electrons. The number of rotatable bonds is 5. The van der Waals surface area contributed by atoms with Crippen molar-refractivity contribution in [2.75, 3.05) is 13.7 Å². The van der Waals surface area contributed by atoms with E-state index in [9.17, 15) is 19.2 Å². The number of hydrogen-bond donors (Lipinski definition) is 2. The predicted molar refractivity (Wildman–Crippen MR) is 96.5 cm³/mol. The Bertz CT molecular complexity index is 627. The van der Waals surface area contributed by atoms with Crippen LogP contribution < -0.4 is 10.6 Å². The molecule has 1 spiro atoms. The molecule has 3 fully saturated rings. The van der Waals surface area contributed by atoms with Crippen LogP contribution in [0.2, 0.25) is 0 Å². The van der Waals surface area contributed by atoms with Gasteiger partial charge in [0.2, 0.25) is 5.91 Å². The molecule has 2 atom stereocenters. The third-order valence-corrected chi connectivity index (χ3v) is 6.45. The fourth-order valence-electron chi connectivity index (χ4n) is 4.70. The minimum Gasteiger partial charge on any atom is -0.469 e. The lowest BCUT2D eigenvalue weighted by molar-refractivity contribution is -0.146. The van der Waals surface area contributed by atoms with E-state index in [2.05, 4.69) is 17.6 Å². The topological polar surface area (TPSA) is 105 Å². The molecular formula is C19H29N3O5. The molecule has 8 nitrogen and oxygen atoms in total. The van der Waals surface area contributed by atoms with Crippen molar-refractivity contribution in [3.05, 3.63) is 0 Å². The summed E-state index contributed by atoms with van der Waals surface area (Å²) in [5, 5.41) is 5.64. The number of methoxy groups -OCH3 is 1. The van der Waals surface area contributed by atoms with Gasteiger partial charge in [-0.15, -0.1) is 0 Å². The molecule has 1 saturated heterocycles. The normalized spacial score (nSPS) is 33.3. The van der Waals surface area contributed by atoms with Crippen LogP contribution in [0, 0.1) is 11.8 Å². The van der Waals surface area contributed by atoms with Crippen molar-refractivity contribution < 1.29 is 23.9 Å². The van der Waals surface area contributed by atoms with Crippen molar-refractivity contribution >= 4 is 23.8 Å². The van der Waals surface area contributed by atoms with Crippen LogP contribution in [-0.2, 0) is 19.1 Å². The number of ether oxygens (including phenoxy) is 1. The number of esters is 1. The Morgan fingerprint density at radius 1 is 1.22 bits per heavy atom. The Labute approximate surface area is 159 Å². The molecule has 4 amide bonds. The number of nitrogens with one attached hydrogen (secondary N) is 2. The Morgan fingerprint density at radius 3 is 2.56 bits per heavy atom. The molecule has 1 heterocycles. The first-order valence-corrected chi connectivity index (χ1v) is 9.91. The summed E-state index contributed by atoms with van der Waals surface area (Å²) in [6, 6.07) is -0.805. The van der Waals surface area contributed by atoms with Gasteiger partial charge in [-0.05, 0) is 44.4 Å². The number of amides is 4. The van der Waals surface area contributed by atoms with Crippen LogP contribution in [0.5, 0.6) is 0 Å². The summed E-state index contributed by atoms with van der Waals surface area (Å²) in [5.41, 5.74) is -0.842. The van der Waals surface area contributed by atoms with Crippen molar-refractivity contribution in [3.63, 3.8) is 0 Å². The van der Waals surface area contributed by atoms with E-state index < -0.39 is 17.5 Å². The Hall–Kier alpha value is -2.12. The number of urea groups is 1. The second-order valence-corrected chi connectivity index (χ2v) is 7.99. The zero-order valence-electron chi connectivity index (χ0n) is 16.1. The average molecular weight is 379 g/mol. The first-order chi connectivity index (χ1) is 12.9. The third kappa shape index (κ3) is 3.80. The molecule has 0 aromatic carbocycles.